The van der Waals surface area contributed by atoms with E-state index in [9.17, 15) is 14.9 Å². The van der Waals surface area contributed by atoms with Crippen molar-refractivity contribution in [1.82, 2.24) is 15.1 Å². The van der Waals surface area contributed by atoms with Crippen molar-refractivity contribution >= 4 is 11.6 Å². The smallest absolute Gasteiger partial charge is 0.282 e. The summed E-state index contributed by atoms with van der Waals surface area (Å²) in [5, 5.41) is 13.8. The zero-order chi connectivity index (χ0) is 19.1. The van der Waals surface area contributed by atoms with Gasteiger partial charge in [-0.05, 0) is 11.6 Å². The molecule has 0 atom stereocenters. The maximum Gasteiger partial charge on any atom is 0.282 e. The Morgan fingerprint density at radius 2 is 1.59 bits per heavy atom. The van der Waals surface area contributed by atoms with Gasteiger partial charge in [0.1, 0.15) is 5.56 Å². The summed E-state index contributed by atoms with van der Waals surface area (Å²) in [5.41, 5.74) is 1.27. The Morgan fingerprint density at radius 3 is 2.30 bits per heavy atom. The minimum atomic E-state index is -0.527. The monoisotopic (exact) mass is 368 g/mol. The molecule has 0 aliphatic carbocycles. The molecule has 0 unspecified atom stereocenters. The van der Waals surface area contributed by atoms with Gasteiger partial charge in [-0.25, -0.2) is 0 Å². The second-order valence-corrected chi connectivity index (χ2v) is 6.63. The number of amides is 1. The van der Waals surface area contributed by atoms with Gasteiger partial charge in [0, 0.05) is 51.9 Å². The highest BCUT2D eigenvalue weighted by Gasteiger charge is 2.20. The maximum absolute atomic E-state index is 12.2. The van der Waals surface area contributed by atoms with Gasteiger partial charge < -0.3 is 5.32 Å². The molecule has 0 aromatic heterocycles. The van der Waals surface area contributed by atoms with Crippen LogP contribution in [0.3, 0.4) is 0 Å². The van der Waals surface area contributed by atoms with Crippen molar-refractivity contribution in [2.45, 2.75) is 6.54 Å². The highest BCUT2D eigenvalue weighted by atomic mass is 16.6. The van der Waals surface area contributed by atoms with E-state index in [1.54, 1.807) is 12.1 Å². The minimum Gasteiger partial charge on any atom is -0.351 e. The van der Waals surface area contributed by atoms with Crippen LogP contribution in [0.1, 0.15) is 15.9 Å². The lowest BCUT2D eigenvalue weighted by atomic mass is 10.1. The summed E-state index contributed by atoms with van der Waals surface area (Å²) >= 11 is 0. The van der Waals surface area contributed by atoms with Crippen LogP contribution in [0.5, 0.6) is 0 Å². The summed E-state index contributed by atoms with van der Waals surface area (Å²) in [6, 6.07) is 16.5. The van der Waals surface area contributed by atoms with E-state index in [0.29, 0.717) is 6.54 Å². The summed E-state index contributed by atoms with van der Waals surface area (Å²) in [4.78, 5) is 27.5. The van der Waals surface area contributed by atoms with E-state index in [4.69, 9.17) is 0 Å². The molecule has 0 saturated carbocycles. The van der Waals surface area contributed by atoms with Gasteiger partial charge >= 0.3 is 0 Å². The number of nitrogens with one attached hydrogen (secondary N) is 1. The van der Waals surface area contributed by atoms with Crippen LogP contribution in [-0.4, -0.2) is 59.9 Å². The molecule has 2 aromatic carbocycles. The number of carbonyl (C=O) groups is 1. The van der Waals surface area contributed by atoms with E-state index in [0.717, 1.165) is 39.3 Å². The van der Waals surface area contributed by atoms with Gasteiger partial charge in [-0.1, -0.05) is 42.5 Å². The lowest BCUT2D eigenvalue weighted by molar-refractivity contribution is -0.385. The lowest BCUT2D eigenvalue weighted by Crippen LogP contribution is -2.48. The molecule has 7 nitrogen and oxygen atoms in total. The van der Waals surface area contributed by atoms with Crippen molar-refractivity contribution in [2.24, 2.45) is 0 Å². The Kier molecular flexibility index (Phi) is 6.51. The molecule has 1 heterocycles. The number of nitrogens with zero attached hydrogens (tertiary/aromatic N) is 3. The van der Waals surface area contributed by atoms with Crippen LogP contribution in [0.4, 0.5) is 5.69 Å². The van der Waals surface area contributed by atoms with Crippen molar-refractivity contribution < 1.29 is 9.72 Å². The topological polar surface area (TPSA) is 78.7 Å². The van der Waals surface area contributed by atoms with E-state index < -0.39 is 10.8 Å². The maximum atomic E-state index is 12.2. The van der Waals surface area contributed by atoms with Gasteiger partial charge in [0.25, 0.3) is 11.6 Å². The Labute approximate surface area is 158 Å². The zero-order valence-corrected chi connectivity index (χ0v) is 15.2. The number of hydrogen-bond donors (Lipinski definition) is 1. The molecule has 0 bridgehead atoms. The fourth-order valence-corrected chi connectivity index (χ4v) is 3.26. The number of benzene rings is 2. The fourth-order valence-electron chi connectivity index (χ4n) is 3.26. The predicted octanol–water partition coefficient (Wildman–Crippen LogP) is 2.14. The van der Waals surface area contributed by atoms with Crippen LogP contribution in [0.15, 0.2) is 54.6 Å². The number of nitro groups is 1. The highest BCUT2D eigenvalue weighted by Crippen LogP contribution is 2.17. The van der Waals surface area contributed by atoms with Crippen LogP contribution in [0, 0.1) is 10.1 Å². The first-order chi connectivity index (χ1) is 13.1. The Morgan fingerprint density at radius 1 is 0.963 bits per heavy atom. The Bertz CT molecular complexity index is 774. The molecule has 142 valence electrons. The summed E-state index contributed by atoms with van der Waals surface area (Å²) in [6.07, 6.45) is 0. The second kappa shape index (κ2) is 9.25. The number of rotatable bonds is 7. The third-order valence-electron chi connectivity index (χ3n) is 4.77. The second-order valence-electron chi connectivity index (χ2n) is 6.63. The van der Waals surface area contributed by atoms with E-state index >= 15 is 0 Å². The van der Waals surface area contributed by atoms with E-state index in [-0.39, 0.29) is 11.3 Å². The molecule has 1 N–H and O–H groups in total. The normalized spacial score (nSPS) is 15.4. The molecule has 2 aromatic rings. The molecule has 1 fully saturated rings. The largest absolute Gasteiger partial charge is 0.351 e. The summed E-state index contributed by atoms with van der Waals surface area (Å²) < 4.78 is 0. The van der Waals surface area contributed by atoms with Crippen molar-refractivity contribution in [3.63, 3.8) is 0 Å². The van der Waals surface area contributed by atoms with Crippen LogP contribution in [0.25, 0.3) is 0 Å². The molecule has 27 heavy (non-hydrogen) atoms. The van der Waals surface area contributed by atoms with Gasteiger partial charge in [-0.15, -0.1) is 0 Å². The van der Waals surface area contributed by atoms with Crippen LogP contribution < -0.4 is 5.32 Å². The first-order valence-electron chi connectivity index (χ1n) is 9.14. The van der Waals surface area contributed by atoms with Crippen molar-refractivity contribution in [1.29, 1.82) is 0 Å². The number of carbonyl (C=O) groups excluding carboxylic acids is 1. The molecule has 7 heteroatoms. The SMILES string of the molecule is O=C(NCCN1CCN(Cc2ccccc2)CC1)c1ccccc1[N+](=O)[O-]. The third kappa shape index (κ3) is 5.35. The van der Waals surface area contributed by atoms with Crippen LogP contribution in [0.2, 0.25) is 0 Å². The molecule has 3 rings (SSSR count). The molecular formula is C20H24N4O3. The fraction of sp³-hybridized carbons (Fsp3) is 0.350. The Hall–Kier alpha value is -2.77. The summed E-state index contributed by atoms with van der Waals surface area (Å²) in [7, 11) is 0. The molecule has 1 amide bonds. The number of piperazine rings is 1. The van der Waals surface area contributed by atoms with Gasteiger partial charge in [0.15, 0.2) is 0 Å². The molecular weight excluding hydrogens is 344 g/mol. The average molecular weight is 368 g/mol. The molecule has 0 radical (unpaired) electrons. The van der Waals surface area contributed by atoms with Crippen molar-refractivity contribution in [2.75, 3.05) is 39.3 Å². The van der Waals surface area contributed by atoms with E-state index in [1.165, 1.54) is 17.7 Å². The van der Waals surface area contributed by atoms with Gasteiger partial charge in [0.05, 0.1) is 4.92 Å². The first kappa shape index (κ1) is 19.0. The number of nitro benzene ring substituents is 1. The van der Waals surface area contributed by atoms with E-state index in [2.05, 4.69) is 39.4 Å². The summed E-state index contributed by atoms with van der Waals surface area (Å²) in [5.74, 6) is -0.398. The number of hydrogen-bond acceptors (Lipinski definition) is 5. The first-order valence-corrected chi connectivity index (χ1v) is 9.14. The van der Waals surface area contributed by atoms with Gasteiger partial charge in [-0.3, -0.25) is 24.7 Å². The zero-order valence-electron chi connectivity index (χ0n) is 15.2. The quantitative estimate of drug-likeness (QED) is 0.598. The van der Waals surface area contributed by atoms with E-state index in [1.807, 2.05) is 6.07 Å². The molecule has 1 aliphatic rings. The minimum absolute atomic E-state index is 0.107. The highest BCUT2D eigenvalue weighted by molar-refractivity contribution is 5.98. The number of para-hydroxylation sites is 1. The molecule has 1 aliphatic heterocycles. The lowest BCUT2D eigenvalue weighted by Gasteiger charge is -2.34. The average Bonchev–Trinajstić information content (AvgIpc) is 2.70. The van der Waals surface area contributed by atoms with Gasteiger partial charge in [-0.2, -0.15) is 0 Å². The molecule has 0 spiro atoms. The van der Waals surface area contributed by atoms with Crippen LogP contribution in [-0.2, 0) is 6.54 Å². The summed E-state index contributed by atoms with van der Waals surface area (Å²) in [6.45, 7) is 6.07. The van der Waals surface area contributed by atoms with Crippen LogP contribution >= 0.6 is 0 Å². The van der Waals surface area contributed by atoms with Gasteiger partial charge in [0.2, 0.25) is 0 Å². The third-order valence-corrected chi connectivity index (χ3v) is 4.77. The Balaban J connectivity index is 1.40. The van der Waals surface area contributed by atoms with Crippen molar-refractivity contribution in [3.05, 3.63) is 75.8 Å². The standard InChI is InChI=1S/C20H24N4O3/c25-20(18-8-4-5-9-19(18)24(26)27)21-10-11-22-12-14-23(15-13-22)16-17-6-2-1-3-7-17/h1-9H,10-16H2,(H,21,25). The van der Waals surface area contributed by atoms with Crippen molar-refractivity contribution in [3.8, 4) is 0 Å². The molecule has 1 saturated heterocycles. The predicted molar refractivity (Wildman–Crippen MR) is 104 cm³/mol.